The molecule has 0 atom stereocenters. The third-order valence-electron chi connectivity index (χ3n) is 0.167. The van der Waals surface area contributed by atoms with Crippen molar-refractivity contribution in [3.05, 3.63) is 0 Å². The van der Waals surface area contributed by atoms with E-state index in [4.69, 9.17) is 11.5 Å². The molecule has 0 aliphatic rings. The van der Waals surface area contributed by atoms with Crippen molar-refractivity contribution >= 4 is 0 Å². The molecule has 0 rings (SSSR count). The number of rotatable bonds is 1. The zero-order valence-corrected chi connectivity index (χ0v) is 5.57. The maximum absolute atomic E-state index is 4.90. The summed E-state index contributed by atoms with van der Waals surface area (Å²) >= 11 is 0. The molecular weight excluding hydrogens is 75.0 g/mol. The second-order valence-electron chi connectivity index (χ2n) is 0.577. The van der Waals surface area contributed by atoms with Crippen LogP contribution in [-0.4, -0.2) is 13.1 Å². The van der Waals surface area contributed by atoms with Gasteiger partial charge in [-0.2, -0.15) is 0 Å². The Balaban J connectivity index is -0.0000000450. The maximum Gasteiger partial charge on any atom is 1.00 e. The Labute approximate surface area is 55.7 Å². The van der Waals surface area contributed by atoms with Gasteiger partial charge in [0.25, 0.3) is 0 Å². The van der Waals surface area contributed by atoms with Crippen LogP contribution in [0.2, 0.25) is 0 Å². The average molecular weight is 84.1 g/mol. The fourth-order valence-corrected chi connectivity index (χ4v) is 0. The van der Waals surface area contributed by atoms with Crippen LogP contribution in [0.25, 0.3) is 0 Å². The Morgan fingerprint density at radius 1 is 1.20 bits per heavy atom. The molecule has 0 saturated heterocycles. The minimum atomic E-state index is 0. The zero-order valence-electron chi connectivity index (χ0n) is 4.57. The van der Waals surface area contributed by atoms with Crippen molar-refractivity contribution in [2.24, 2.45) is 11.5 Å². The Kier molecular flexibility index (Phi) is 16.5. The first kappa shape index (κ1) is 9.33. The second kappa shape index (κ2) is 8.87. The van der Waals surface area contributed by atoms with Crippen molar-refractivity contribution in [2.45, 2.75) is 0 Å². The molecule has 0 aliphatic heterocycles. The first-order valence-corrected chi connectivity index (χ1v) is 1.32. The molecule has 3 heteroatoms. The van der Waals surface area contributed by atoms with Gasteiger partial charge < -0.3 is 12.9 Å². The van der Waals surface area contributed by atoms with E-state index >= 15 is 0 Å². The van der Waals surface area contributed by atoms with Crippen molar-refractivity contribution in [3.63, 3.8) is 0 Å². The van der Waals surface area contributed by atoms with E-state index in [2.05, 4.69) is 0 Å². The SMILES string of the molecule is NCCN.[H-].[Na+]. The fourth-order valence-electron chi connectivity index (χ4n) is 0. The predicted octanol–water partition coefficient (Wildman–Crippen LogP) is -3.98. The molecule has 0 aromatic heterocycles. The normalized spacial score (nSPS) is 6.00. The summed E-state index contributed by atoms with van der Waals surface area (Å²) in [6, 6.07) is 0. The average Bonchev–Trinajstić information content (AvgIpc) is 1.37. The summed E-state index contributed by atoms with van der Waals surface area (Å²) in [5.41, 5.74) is 9.81. The van der Waals surface area contributed by atoms with Gasteiger partial charge in [-0.1, -0.05) is 0 Å². The van der Waals surface area contributed by atoms with Crippen molar-refractivity contribution in [3.8, 4) is 0 Å². The van der Waals surface area contributed by atoms with Crippen molar-refractivity contribution in [1.29, 1.82) is 0 Å². The van der Waals surface area contributed by atoms with Crippen LogP contribution < -0.4 is 41.0 Å². The van der Waals surface area contributed by atoms with Gasteiger partial charge in [0.1, 0.15) is 0 Å². The fraction of sp³-hybridized carbons (Fsp3) is 1.00. The molecule has 4 N–H and O–H groups in total. The minimum Gasteiger partial charge on any atom is -1.00 e. The van der Waals surface area contributed by atoms with Gasteiger partial charge in [0.05, 0.1) is 0 Å². The standard InChI is InChI=1S/C2H8N2.Na.H/c3-1-2-4;;/h1-4H2;;/q;+1;-1. The molecule has 0 amide bonds. The smallest absolute Gasteiger partial charge is 1.00 e. The van der Waals surface area contributed by atoms with Crippen LogP contribution >= 0.6 is 0 Å². The Hall–Kier alpha value is 0.920. The number of hydrogen-bond acceptors (Lipinski definition) is 2. The van der Waals surface area contributed by atoms with Gasteiger partial charge in [-0.05, 0) is 0 Å². The molecule has 2 nitrogen and oxygen atoms in total. The predicted molar refractivity (Wildman–Crippen MR) is 19.2 cm³/mol. The molecule has 0 aromatic rings. The van der Waals surface area contributed by atoms with Gasteiger partial charge in [0, 0.05) is 13.1 Å². The Bertz CT molecular complexity index is 13.5. The van der Waals surface area contributed by atoms with Gasteiger partial charge in [-0.15, -0.1) is 0 Å². The van der Waals surface area contributed by atoms with E-state index in [0.717, 1.165) is 0 Å². The van der Waals surface area contributed by atoms with E-state index in [-0.39, 0.29) is 31.0 Å². The van der Waals surface area contributed by atoms with Gasteiger partial charge in [-0.3, -0.25) is 0 Å². The van der Waals surface area contributed by atoms with Crippen LogP contribution in [0, 0.1) is 0 Å². The topological polar surface area (TPSA) is 52.0 Å². The Morgan fingerprint density at radius 2 is 1.40 bits per heavy atom. The van der Waals surface area contributed by atoms with Crippen LogP contribution in [0.15, 0.2) is 0 Å². The molecule has 0 unspecified atom stereocenters. The summed E-state index contributed by atoms with van der Waals surface area (Å²) in [5, 5.41) is 0. The summed E-state index contributed by atoms with van der Waals surface area (Å²) in [5.74, 6) is 0. The third kappa shape index (κ3) is 11.4. The molecule has 28 valence electrons. The summed E-state index contributed by atoms with van der Waals surface area (Å²) in [4.78, 5) is 0. The van der Waals surface area contributed by atoms with Crippen LogP contribution in [0.5, 0.6) is 0 Å². The number of nitrogens with two attached hydrogens (primary N) is 2. The number of hydrogen-bond donors (Lipinski definition) is 2. The molecule has 0 heterocycles. The largest absolute Gasteiger partial charge is 1.00 e. The van der Waals surface area contributed by atoms with Crippen LogP contribution in [-0.2, 0) is 0 Å². The monoisotopic (exact) mass is 84.1 g/mol. The van der Waals surface area contributed by atoms with Crippen molar-refractivity contribution < 1.29 is 31.0 Å². The van der Waals surface area contributed by atoms with E-state index < -0.39 is 0 Å². The van der Waals surface area contributed by atoms with E-state index in [9.17, 15) is 0 Å². The molecule has 5 heavy (non-hydrogen) atoms. The first-order chi connectivity index (χ1) is 1.91. The second-order valence-corrected chi connectivity index (χ2v) is 0.577. The first-order valence-electron chi connectivity index (χ1n) is 1.32. The summed E-state index contributed by atoms with van der Waals surface area (Å²) in [7, 11) is 0. The molecule has 0 aliphatic carbocycles. The Morgan fingerprint density at radius 3 is 1.40 bits per heavy atom. The minimum absolute atomic E-state index is 0. The molecule has 0 spiro atoms. The maximum atomic E-state index is 4.90. The van der Waals surface area contributed by atoms with Crippen LogP contribution in [0.3, 0.4) is 0 Å². The van der Waals surface area contributed by atoms with Crippen molar-refractivity contribution in [2.75, 3.05) is 13.1 Å². The van der Waals surface area contributed by atoms with Gasteiger partial charge in [0.15, 0.2) is 0 Å². The van der Waals surface area contributed by atoms with E-state index in [1.165, 1.54) is 0 Å². The molecule has 0 bridgehead atoms. The summed E-state index contributed by atoms with van der Waals surface area (Å²) < 4.78 is 0. The van der Waals surface area contributed by atoms with Crippen molar-refractivity contribution in [1.82, 2.24) is 0 Å². The third-order valence-corrected chi connectivity index (χ3v) is 0.167. The van der Waals surface area contributed by atoms with Gasteiger partial charge >= 0.3 is 29.6 Å². The van der Waals surface area contributed by atoms with Gasteiger partial charge in [-0.25, -0.2) is 0 Å². The van der Waals surface area contributed by atoms with Crippen LogP contribution in [0.1, 0.15) is 1.43 Å². The quantitative estimate of drug-likeness (QED) is 0.318. The molecule has 0 saturated carbocycles. The molecule has 0 aromatic carbocycles. The van der Waals surface area contributed by atoms with E-state index in [0.29, 0.717) is 13.1 Å². The van der Waals surface area contributed by atoms with E-state index in [1.807, 2.05) is 0 Å². The molecule has 0 fully saturated rings. The summed E-state index contributed by atoms with van der Waals surface area (Å²) in [6.45, 7) is 1.19. The summed E-state index contributed by atoms with van der Waals surface area (Å²) in [6.07, 6.45) is 0. The van der Waals surface area contributed by atoms with E-state index in [1.54, 1.807) is 0 Å². The molecular formula is C2H9N2Na. The molecule has 0 radical (unpaired) electrons. The zero-order chi connectivity index (χ0) is 3.41. The van der Waals surface area contributed by atoms with Crippen LogP contribution in [0.4, 0.5) is 0 Å². The van der Waals surface area contributed by atoms with Gasteiger partial charge in [0.2, 0.25) is 0 Å².